The molecule has 0 aliphatic heterocycles. The number of hydrogen-bond donors (Lipinski definition) is 3. The number of benzene rings is 1. The molecule has 2 atom stereocenters. The third kappa shape index (κ3) is 5.20. The van der Waals surface area contributed by atoms with Gasteiger partial charge in [-0.2, -0.15) is 0 Å². The summed E-state index contributed by atoms with van der Waals surface area (Å²) in [5.74, 6) is 0.634. The van der Waals surface area contributed by atoms with E-state index in [-0.39, 0.29) is 17.3 Å². The molecule has 2 rings (SSSR count). The van der Waals surface area contributed by atoms with E-state index in [9.17, 15) is 15.0 Å². The van der Waals surface area contributed by atoms with Crippen LogP contribution in [0.5, 0.6) is 5.75 Å². The first kappa shape index (κ1) is 20.2. The van der Waals surface area contributed by atoms with Crippen molar-refractivity contribution in [2.45, 2.75) is 38.6 Å². The zero-order valence-electron chi connectivity index (χ0n) is 15.1. The van der Waals surface area contributed by atoms with Crippen LogP contribution in [0.25, 0.3) is 10.9 Å². The first-order valence-electron chi connectivity index (χ1n) is 8.08. The van der Waals surface area contributed by atoms with Crippen LogP contribution in [0.2, 0.25) is 5.15 Å². The molecule has 7 nitrogen and oxygen atoms in total. The molecule has 0 saturated heterocycles. The predicted octanol–water partition coefficient (Wildman–Crippen LogP) is 2.82. The predicted molar refractivity (Wildman–Crippen MR) is 98.5 cm³/mol. The summed E-state index contributed by atoms with van der Waals surface area (Å²) in [6.45, 7) is 4.98. The van der Waals surface area contributed by atoms with Crippen LogP contribution in [-0.2, 0) is 4.74 Å². The van der Waals surface area contributed by atoms with Crippen molar-refractivity contribution in [1.82, 2.24) is 10.3 Å². The third-order valence-electron chi connectivity index (χ3n) is 3.54. The highest BCUT2D eigenvalue weighted by atomic mass is 35.5. The summed E-state index contributed by atoms with van der Waals surface area (Å²) in [4.78, 5) is 15.9. The van der Waals surface area contributed by atoms with Gasteiger partial charge in [-0.15, -0.1) is 0 Å². The quantitative estimate of drug-likeness (QED) is 0.687. The fourth-order valence-electron chi connectivity index (χ4n) is 2.30. The number of nitrogens with zero attached hydrogens (tertiary/aromatic N) is 1. The van der Waals surface area contributed by atoms with E-state index in [0.29, 0.717) is 16.7 Å². The van der Waals surface area contributed by atoms with Crippen LogP contribution in [-0.4, -0.2) is 46.6 Å². The Kier molecular flexibility index (Phi) is 6.28. The number of rotatable bonds is 5. The fraction of sp³-hybridized carbons (Fsp3) is 0.444. The zero-order valence-corrected chi connectivity index (χ0v) is 15.9. The van der Waals surface area contributed by atoms with Crippen molar-refractivity contribution in [3.8, 4) is 5.75 Å². The maximum absolute atomic E-state index is 11.7. The smallest absolute Gasteiger partial charge is 0.407 e. The Morgan fingerprint density at radius 3 is 2.62 bits per heavy atom. The van der Waals surface area contributed by atoms with E-state index in [1.165, 1.54) is 0 Å². The molecule has 0 spiro atoms. The molecule has 142 valence electrons. The van der Waals surface area contributed by atoms with Gasteiger partial charge in [0.05, 0.1) is 12.6 Å². The number of ether oxygens (including phenoxy) is 2. The first-order chi connectivity index (χ1) is 12.1. The normalized spacial score (nSPS) is 14.0. The molecule has 2 aromatic rings. The molecule has 0 saturated carbocycles. The maximum Gasteiger partial charge on any atom is 0.407 e. The maximum atomic E-state index is 11.7. The summed E-state index contributed by atoms with van der Waals surface area (Å²) in [5, 5.41) is 23.8. The number of methoxy groups -OCH3 is 1. The van der Waals surface area contributed by atoms with Gasteiger partial charge in [0.1, 0.15) is 28.7 Å². The molecule has 2 unspecified atom stereocenters. The molecule has 0 fully saturated rings. The Labute approximate surface area is 156 Å². The molecule has 8 heteroatoms. The monoisotopic (exact) mass is 382 g/mol. The number of aliphatic hydroxyl groups is 2. The summed E-state index contributed by atoms with van der Waals surface area (Å²) >= 11 is 6.14. The standard InChI is InChI=1S/C18H23ClN2O5/c1-18(2,3)26-17(24)20-9-14(22)15(23)12-8-10-7-11(25-4)5-6-13(10)21-16(12)19/h5-8,14-15,22-23H,9H2,1-4H3,(H,20,24). The molecule has 1 heterocycles. The Hall–Kier alpha value is -2.09. The molecule has 3 N–H and O–H groups in total. The summed E-state index contributed by atoms with van der Waals surface area (Å²) in [6.07, 6.45) is -3.30. The molecule has 26 heavy (non-hydrogen) atoms. The van der Waals surface area contributed by atoms with E-state index >= 15 is 0 Å². The molecular formula is C18H23ClN2O5. The first-order valence-corrected chi connectivity index (χ1v) is 8.45. The van der Waals surface area contributed by atoms with Crippen LogP contribution in [0.4, 0.5) is 4.79 Å². The van der Waals surface area contributed by atoms with E-state index in [4.69, 9.17) is 21.1 Å². The number of carbonyl (C=O) groups excluding carboxylic acids is 1. The lowest BCUT2D eigenvalue weighted by molar-refractivity contribution is 0.0129. The van der Waals surface area contributed by atoms with Gasteiger partial charge in [-0.1, -0.05) is 11.6 Å². The van der Waals surface area contributed by atoms with Gasteiger partial charge in [-0.3, -0.25) is 0 Å². The number of amides is 1. The Bertz CT molecular complexity index is 791. The topological polar surface area (TPSA) is 101 Å². The van der Waals surface area contributed by atoms with Gasteiger partial charge in [0.25, 0.3) is 0 Å². The zero-order chi connectivity index (χ0) is 19.5. The summed E-state index contributed by atoms with van der Waals surface area (Å²) in [7, 11) is 1.55. The number of nitrogens with one attached hydrogen (secondary N) is 1. The summed E-state index contributed by atoms with van der Waals surface area (Å²) < 4.78 is 10.3. The summed E-state index contributed by atoms with van der Waals surface area (Å²) in [5.41, 5.74) is 0.234. The van der Waals surface area contributed by atoms with Crippen LogP contribution >= 0.6 is 11.6 Å². The van der Waals surface area contributed by atoms with Crippen LogP contribution in [0.15, 0.2) is 24.3 Å². The highest BCUT2D eigenvalue weighted by Gasteiger charge is 2.24. The number of aliphatic hydroxyl groups excluding tert-OH is 2. The Morgan fingerprint density at radius 2 is 2.00 bits per heavy atom. The van der Waals surface area contributed by atoms with Crippen molar-refractivity contribution in [2.24, 2.45) is 0 Å². The molecule has 1 aromatic heterocycles. The van der Waals surface area contributed by atoms with Gasteiger partial charge in [0.15, 0.2) is 0 Å². The van der Waals surface area contributed by atoms with Crippen LogP contribution in [0, 0.1) is 0 Å². The average molecular weight is 383 g/mol. The number of fused-ring (bicyclic) bond motifs is 1. The molecule has 0 aliphatic rings. The van der Waals surface area contributed by atoms with Crippen LogP contribution < -0.4 is 10.1 Å². The van der Waals surface area contributed by atoms with E-state index in [1.807, 2.05) is 0 Å². The average Bonchev–Trinajstić information content (AvgIpc) is 2.56. The van der Waals surface area contributed by atoms with Gasteiger partial charge in [-0.25, -0.2) is 9.78 Å². The van der Waals surface area contributed by atoms with Gasteiger partial charge >= 0.3 is 6.09 Å². The largest absolute Gasteiger partial charge is 0.497 e. The number of aromatic nitrogens is 1. The summed E-state index contributed by atoms with van der Waals surface area (Å²) in [6, 6.07) is 6.88. The molecule has 1 aromatic carbocycles. The third-order valence-corrected chi connectivity index (χ3v) is 3.84. The lowest BCUT2D eigenvalue weighted by Gasteiger charge is -2.22. The van der Waals surface area contributed by atoms with Crippen molar-refractivity contribution in [1.29, 1.82) is 0 Å². The van der Waals surface area contributed by atoms with Crippen molar-refractivity contribution >= 4 is 28.6 Å². The lowest BCUT2D eigenvalue weighted by atomic mass is 10.0. The minimum absolute atomic E-state index is 0.0754. The van der Waals surface area contributed by atoms with Gasteiger partial charge < -0.3 is 25.0 Å². The number of hydrogen-bond acceptors (Lipinski definition) is 6. The van der Waals surface area contributed by atoms with E-state index in [0.717, 1.165) is 0 Å². The second-order valence-corrected chi connectivity index (χ2v) is 7.18. The number of halogens is 1. The minimum Gasteiger partial charge on any atom is -0.497 e. The van der Waals surface area contributed by atoms with Crippen LogP contribution in [0.3, 0.4) is 0 Å². The number of carbonyl (C=O) groups is 1. The van der Waals surface area contributed by atoms with Crippen molar-refractivity contribution in [2.75, 3.05) is 13.7 Å². The highest BCUT2D eigenvalue weighted by molar-refractivity contribution is 6.30. The second-order valence-electron chi connectivity index (χ2n) is 6.82. The minimum atomic E-state index is -1.33. The number of pyridine rings is 1. The highest BCUT2D eigenvalue weighted by Crippen LogP contribution is 2.29. The lowest BCUT2D eigenvalue weighted by Crippen LogP contribution is -2.38. The fourth-order valence-corrected chi connectivity index (χ4v) is 2.56. The van der Waals surface area contributed by atoms with Gasteiger partial charge in [0, 0.05) is 17.5 Å². The van der Waals surface area contributed by atoms with Gasteiger partial charge in [0.2, 0.25) is 0 Å². The SMILES string of the molecule is COc1ccc2nc(Cl)c(C(O)C(O)CNC(=O)OC(C)(C)C)cc2c1. The Balaban J connectivity index is 2.13. The van der Waals surface area contributed by atoms with E-state index in [1.54, 1.807) is 52.1 Å². The van der Waals surface area contributed by atoms with Crippen molar-refractivity contribution < 1.29 is 24.5 Å². The number of alkyl carbamates (subject to hydrolysis) is 1. The van der Waals surface area contributed by atoms with Crippen molar-refractivity contribution in [3.63, 3.8) is 0 Å². The molecule has 0 bridgehead atoms. The van der Waals surface area contributed by atoms with Crippen molar-refractivity contribution in [3.05, 3.63) is 35.0 Å². The van der Waals surface area contributed by atoms with E-state index in [2.05, 4.69) is 10.3 Å². The van der Waals surface area contributed by atoms with Gasteiger partial charge in [-0.05, 0) is 45.0 Å². The van der Waals surface area contributed by atoms with E-state index < -0.39 is 23.9 Å². The molecular weight excluding hydrogens is 360 g/mol. The molecule has 1 amide bonds. The van der Waals surface area contributed by atoms with Crippen LogP contribution in [0.1, 0.15) is 32.4 Å². The molecule has 0 aliphatic carbocycles. The Morgan fingerprint density at radius 1 is 1.31 bits per heavy atom. The molecule has 0 radical (unpaired) electrons. The second kappa shape index (κ2) is 8.07.